The van der Waals surface area contributed by atoms with Crippen LogP contribution in [0.4, 0.5) is 5.69 Å². The Bertz CT molecular complexity index is 606. The Morgan fingerprint density at radius 2 is 1.91 bits per heavy atom. The molecule has 3 heteroatoms. The molecule has 0 N–H and O–H groups in total. The molecule has 0 aliphatic rings. The van der Waals surface area contributed by atoms with Crippen LogP contribution < -0.4 is 4.74 Å². The molecule has 2 rings (SSSR count). The number of hydrogen-bond donors (Lipinski definition) is 0. The van der Waals surface area contributed by atoms with E-state index in [0.29, 0.717) is 18.4 Å². The van der Waals surface area contributed by atoms with Crippen LogP contribution in [-0.4, -0.2) is 17.8 Å². The molecule has 0 aliphatic carbocycles. The average molecular weight is 296 g/mol. The SMILES string of the molecule is CC=Nc1ccc(OCCCC(C)C)nc1-c1ccccc1. The molecule has 0 amide bonds. The van der Waals surface area contributed by atoms with Crippen LogP contribution >= 0.6 is 0 Å². The minimum atomic E-state index is 0.665. The van der Waals surface area contributed by atoms with Crippen molar-refractivity contribution in [2.24, 2.45) is 10.9 Å². The van der Waals surface area contributed by atoms with Gasteiger partial charge in [-0.3, -0.25) is 4.99 Å². The lowest BCUT2D eigenvalue weighted by atomic mass is 10.1. The summed E-state index contributed by atoms with van der Waals surface area (Å²) in [5.74, 6) is 1.37. The van der Waals surface area contributed by atoms with E-state index in [9.17, 15) is 0 Å². The van der Waals surface area contributed by atoms with Gasteiger partial charge in [-0.1, -0.05) is 44.2 Å². The van der Waals surface area contributed by atoms with Gasteiger partial charge in [0.2, 0.25) is 5.88 Å². The number of nitrogens with zero attached hydrogens (tertiary/aromatic N) is 2. The fourth-order valence-electron chi connectivity index (χ4n) is 2.23. The molecule has 0 fully saturated rings. The number of ether oxygens (including phenoxy) is 1. The molecule has 1 aromatic heterocycles. The lowest BCUT2D eigenvalue weighted by Gasteiger charge is -2.10. The van der Waals surface area contributed by atoms with E-state index >= 15 is 0 Å². The Morgan fingerprint density at radius 3 is 2.59 bits per heavy atom. The third kappa shape index (κ3) is 4.69. The van der Waals surface area contributed by atoms with E-state index in [1.54, 1.807) is 6.21 Å². The highest BCUT2D eigenvalue weighted by atomic mass is 16.5. The summed E-state index contributed by atoms with van der Waals surface area (Å²) in [5.41, 5.74) is 2.78. The molecule has 0 radical (unpaired) electrons. The fourth-order valence-corrected chi connectivity index (χ4v) is 2.23. The molecule has 2 aromatic rings. The van der Waals surface area contributed by atoms with Crippen LogP contribution in [0.25, 0.3) is 11.3 Å². The molecule has 116 valence electrons. The monoisotopic (exact) mass is 296 g/mol. The molecule has 0 aliphatic heterocycles. The topological polar surface area (TPSA) is 34.5 Å². The summed E-state index contributed by atoms with van der Waals surface area (Å²) in [5, 5.41) is 0. The maximum absolute atomic E-state index is 5.79. The summed E-state index contributed by atoms with van der Waals surface area (Å²) in [4.78, 5) is 9.04. The minimum Gasteiger partial charge on any atom is -0.478 e. The highest BCUT2D eigenvalue weighted by molar-refractivity contribution is 5.75. The molecular formula is C19H24N2O. The van der Waals surface area contributed by atoms with E-state index in [2.05, 4.69) is 23.8 Å². The van der Waals surface area contributed by atoms with E-state index in [4.69, 9.17) is 4.74 Å². The predicted molar refractivity (Wildman–Crippen MR) is 93.1 cm³/mol. The van der Waals surface area contributed by atoms with Crippen molar-refractivity contribution in [1.82, 2.24) is 4.98 Å². The first-order chi connectivity index (χ1) is 10.7. The van der Waals surface area contributed by atoms with Gasteiger partial charge in [0.15, 0.2) is 0 Å². The van der Waals surface area contributed by atoms with E-state index in [1.807, 2.05) is 49.4 Å². The number of aliphatic imine (C=N–C) groups is 1. The van der Waals surface area contributed by atoms with Crippen molar-refractivity contribution >= 4 is 11.9 Å². The first-order valence-corrected chi connectivity index (χ1v) is 7.88. The van der Waals surface area contributed by atoms with Crippen LogP contribution in [0.15, 0.2) is 47.5 Å². The van der Waals surface area contributed by atoms with Crippen LogP contribution in [0.3, 0.4) is 0 Å². The highest BCUT2D eigenvalue weighted by Gasteiger charge is 2.08. The van der Waals surface area contributed by atoms with Gasteiger partial charge in [-0.25, -0.2) is 4.98 Å². The standard InChI is InChI=1S/C19H24N2O/c1-4-20-17-12-13-18(22-14-8-9-15(2)3)21-19(17)16-10-6-5-7-11-16/h4-7,10-13,15H,8-9,14H2,1-3H3. The summed E-state index contributed by atoms with van der Waals surface area (Å²) in [6.45, 7) is 7.06. The molecule has 0 bridgehead atoms. The summed E-state index contributed by atoms with van der Waals surface area (Å²) in [7, 11) is 0. The van der Waals surface area contributed by atoms with Crippen LogP contribution in [0.5, 0.6) is 5.88 Å². The molecule has 0 spiro atoms. The van der Waals surface area contributed by atoms with Crippen LogP contribution in [0.2, 0.25) is 0 Å². The van der Waals surface area contributed by atoms with Crippen molar-refractivity contribution in [1.29, 1.82) is 0 Å². The van der Waals surface area contributed by atoms with Crippen molar-refractivity contribution in [3.05, 3.63) is 42.5 Å². The Hall–Kier alpha value is -2.16. The van der Waals surface area contributed by atoms with Crippen LogP contribution in [-0.2, 0) is 0 Å². The largest absolute Gasteiger partial charge is 0.478 e. The lowest BCUT2D eigenvalue weighted by molar-refractivity contribution is 0.287. The second-order valence-electron chi connectivity index (χ2n) is 5.66. The third-order valence-electron chi connectivity index (χ3n) is 3.34. The van der Waals surface area contributed by atoms with E-state index in [1.165, 1.54) is 6.42 Å². The predicted octanol–water partition coefficient (Wildman–Crippen LogP) is 5.29. The zero-order chi connectivity index (χ0) is 15.8. The Labute approximate surface area is 133 Å². The van der Waals surface area contributed by atoms with Crippen LogP contribution in [0, 0.1) is 5.92 Å². The molecular weight excluding hydrogens is 272 g/mol. The Balaban J connectivity index is 2.17. The van der Waals surface area contributed by atoms with Crippen LogP contribution in [0.1, 0.15) is 33.6 Å². The molecule has 0 saturated heterocycles. The zero-order valence-electron chi connectivity index (χ0n) is 13.6. The maximum Gasteiger partial charge on any atom is 0.213 e. The molecule has 1 heterocycles. The van der Waals surface area contributed by atoms with Crippen molar-refractivity contribution < 1.29 is 4.74 Å². The molecule has 0 unspecified atom stereocenters. The van der Waals surface area contributed by atoms with E-state index < -0.39 is 0 Å². The summed E-state index contributed by atoms with van der Waals surface area (Å²) < 4.78 is 5.79. The molecule has 0 saturated carbocycles. The number of benzene rings is 1. The Morgan fingerprint density at radius 1 is 1.14 bits per heavy atom. The number of aromatic nitrogens is 1. The molecule has 22 heavy (non-hydrogen) atoms. The van der Waals surface area contributed by atoms with Crippen molar-refractivity contribution in [2.45, 2.75) is 33.6 Å². The van der Waals surface area contributed by atoms with Gasteiger partial charge in [-0.05, 0) is 31.7 Å². The summed E-state index contributed by atoms with van der Waals surface area (Å²) in [6, 6.07) is 14.0. The average Bonchev–Trinajstić information content (AvgIpc) is 2.53. The highest BCUT2D eigenvalue weighted by Crippen LogP contribution is 2.30. The summed E-state index contributed by atoms with van der Waals surface area (Å²) in [6.07, 6.45) is 4.01. The first kappa shape index (κ1) is 16.2. The first-order valence-electron chi connectivity index (χ1n) is 7.88. The number of pyridine rings is 1. The second kappa shape index (κ2) is 8.32. The van der Waals surface area contributed by atoms with Gasteiger partial charge in [0, 0.05) is 17.8 Å². The van der Waals surface area contributed by atoms with E-state index in [0.717, 1.165) is 23.4 Å². The smallest absolute Gasteiger partial charge is 0.213 e. The van der Waals surface area contributed by atoms with Gasteiger partial charge in [0.05, 0.1) is 18.0 Å². The van der Waals surface area contributed by atoms with Gasteiger partial charge in [0.25, 0.3) is 0 Å². The third-order valence-corrected chi connectivity index (χ3v) is 3.34. The lowest BCUT2D eigenvalue weighted by Crippen LogP contribution is -2.01. The van der Waals surface area contributed by atoms with Crippen molar-refractivity contribution in [3.8, 4) is 17.1 Å². The molecule has 0 atom stereocenters. The quantitative estimate of drug-likeness (QED) is 0.514. The van der Waals surface area contributed by atoms with Gasteiger partial charge >= 0.3 is 0 Å². The maximum atomic E-state index is 5.79. The van der Waals surface area contributed by atoms with Gasteiger partial charge in [0.1, 0.15) is 0 Å². The second-order valence-corrected chi connectivity index (χ2v) is 5.66. The van der Waals surface area contributed by atoms with E-state index in [-0.39, 0.29) is 0 Å². The number of rotatable bonds is 7. The summed E-state index contributed by atoms with van der Waals surface area (Å²) >= 11 is 0. The van der Waals surface area contributed by atoms with Gasteiger partial charge < -0.3 is 4.74 Å². The number of hydrogen-bond acceptors (Lipinski definition) is 3. The zero-order valence-corrected chi connectivity index (χ0v) is 13.6. The molecule has 3 nitrogen and oxygen atoms in total. The van der Waals surface area contributed by atoms with Crippen molar-refractivity contribution in [3.63, 3.8) is 0 Å². The fraction of sp³-hybridized carbons (Fsp3) is 0.368. The van der Waals surface area contributed by atoms with Gasteiger partial charge in [-0.2, -0.15) is 0 Å². The normalized spacial score (nSPS) is 11.3. The Kier molecular flexibility index (Phi) is 6.13. The molecule has 1 aromatic carbocycles. The minimum absolute atomic E-state index is 0.665. The van der Waals surface area contributed by atoms with Gasteiger partial charge in [-0.15, -0.1) is 0 Å². The van der Waals surface area contributed by atoms with Crippen molar-refractivity contribution in [2.75, 3.05) is 6.61 Å².